The predicted octanol–water partition coefficient (Wildman–Crippen LogP) is 10.9. The first-order chi connectivity index (χ1) is 22.0. The molecule has 0 atom stereocenters. The summed E-state index contributed by atoms with van der Waals surface area (Å²) in [6, 6.07) is 43.3. The van der Waals surface area contributed by atoms with Gasteiger partial charge in [-0.1, -0.05) is 139 Å². The topological polar surface area (TPSA) is 43.6 Å². The van der Waals surface area contributed by atoms with E-state index in [1.165, 1.54) is 38.6 Å². The predicted molar refractivity (Wildman–Crippen MR) is 192 cm³/mol. The Morgan fingerprint density at radius 3 is 1.72 bits per heavy atom. The molecule has 0 fully saturated rings. The Morgan fingerprint density at radius 2 is 1.07 bits per heavy atom. The van der Waals surface area contributed by atoms with Gasteiger partial charge in [0.05, 0.1) is 11.0 Å². The maximum absolute atomic E-state index is 4.91. The summed E-state index contributed by atoms with van der Waals surface area (Å²) in [6.07, 6.45) is 1.05. The number of rotatable bonds is 5. The Labute approximate surface area is 271 Å². The third-order valence-electron chi connectivity index (χ3n) is 8.42. The second kappa shape index (κ2) is 11.4. The van der Waals surface area contributed by atoms with Crippen LogP contribution in [0.15, 0.2) is 121 Å². The highest BCUT2D eigenvalue weighted by molar-refractivity contribution is 6.10. The van der Waals surface area contributed by atoms with E-state index in [9.17, 15) is 0 Å². The van der Waals surface area contributed by atoms with Crippen molar-refractivity contribution >= 4 is 21.8 Å². The summed E-state index contributed by atoms with van der Waals surface area (Å²) in [4.78, 5) is 14.7. The van der Waals surface area contributed by atoms with Gasteiger partial charge < -0.3 is 4.57 Å². The minimum atomic E-state index is -0.206. The molecule has 4 heteroatoms. The molecule has 2 heterocycles. The Hall–Kier alpha value is -5.09. The van der Waals surface area contributed by atoms with Crippen LogP contribution in [0.1, 0.15) is 52.9 Å². The monoisotopic (exact) mass is 600 g/mol. The Kier molecular flexibility index (Phi) is 7.32. The minimum Gasteiger partial charge on any atom is -0.309 e. The van der Waals surface area contributed by atoms with Crippen molar-refractivity contribution in [2.24, 2.45) is 5.41 Å². The van der Waals surface area contributed by atoms with E-state index in [1.807, 2.05) is 30.3 Å². The van der Waals surface area contributed by atoms with Gasteiger partial charge in [-0.15, -0.1) is 0 Å². The van der Waals surface area contributed by atoms with Gasteiger partial charge in [-0.2, -0.15) is 0 Å². The molecule has 0 aliphatic heterocycles. The Balaban J connectivity index is 1.29. The molecule has 7 rings (SSSR count). The second-order valence-electron chi connectivity index (χ2n) is 14.5. The van der Waals surface area contributed by atoms with Crippen LogP contribution in [0.25, 0.3) is 61.4 Å². The molecule has 0 saturated carbocycles. The fourth-order valence-corrected chi connectivity index (χ4v) is 6.17. The molecule has 0 aliphatic rings. The van der Waals surface area contributed by atoms with Gasteiger partial charge in [0.15, 0.2) is 11.6 Å². The number of fused-ring (bicyclic) bond motifs is 3. The highest BCUT2D eigenvalue weighted by atomic mass is 15.0. The maximum Gasteiger partial charge on any atom is 0.163 e. The van der Waals surface area contributed by atoms with Crippen molar-refractivity contribution in [1.29, 1.82) is 0 Å². The van der Waals surface area contributed by atoms with Gasteiger partial charge in [-0.05, 0) is 52.8 Å². The average molecular weight is 601 g/mol. The van der Waals surface area contributed by atoms with Gasteiger partial charge in [-0.25, -0.2) is 15.0 Å². The van der Waals surface area contributed by atoms with Crippen LogP contribution in [0.3, 0.4) is 0 Å². The van der Waals surface area contributed by atoms with Crippen molar-refractivity contribution in [3.8, 4) is 39.6 Å². The first kappa shape index (κ1) is 29.6. The van der Waals surface area contributed by atoms with Crippen molar-refractivity contribution in [1.82, 2.24) is 19.5 Å². The van der Waals surface area contributed by atoms with Gasteiger partial charge in [0.1, 0.15) is 5.82 Å². The summed E-state index contributed by atoms with van der Waals surface area (Å²) >= 11 is 0. The molecule has 0 bridgehead atoms. The van der Waals surface area contributed by atoms with Crippen molar-refractivity contribution in [3.63, 3.8) is 0 Å². The SMILES string of the molecule is CC(C)(C)Cc1ccc(-n2c3ccccc3c3ccc(-c4ccc(-c5nc(-c6ccccc6)nc(C(C)(C)C)n5)cc4)cc32)cc1. The lowest BCUT2D eigenvalue weighted by atomic mass is 9.88. The summed E-state index contributed by atoms with van der Waals surface area (Å²) in [7, 11) is 0. The molecule has 0 spiro atoms. The average Bonchev–Trinajstić information content (AvgIpc) is 3.38. The van der Waals surface area contributed by atoms with E-state index in [1.54, 1.807) is 0 Å². The summed E-state index contributed by atoms with van der Waals surface area (Å²) in [5, 5.41) is 2.51. The van der Waals surface area contributed by atoms with Crippen molar-refractivity contribution < 1.29 is 0 Å². The first-order valence-corrected chi connectivity index (χ1v) is 16.1. The molecule has 0 amide bonds. The number of aromatic nitrogens is 4. The van der Waals surface area contributed by atoms with E-state index in [4.69, 9.17) is 15.0 Å². The standard InChI is InChI=1S/C42H40N4/c1-41(2,3)27-28-16-23-33(24-17-28)46-36-15-11-10-14-34(36)35-25-22-32(26-37(35)46)29-18-20-31(21-19-29)39-43-38(30-12-8-7-9-13-30)44-40(45-39)42(4,5)6/h7-26H,27H2,1-6H3. The lowest BCUT2D eigenvalue weighted by Crippen LogP contribution is -2.18. The molecule has 0 unspecified atom stereocenters. The largest absolute Gasteiger partial charge is 0.309 e. The zero-order valence-corrected chi connectivity index (χ0v) is 27.5. The van der Waals surface area contributed by atoms with Crippen LogP contribution in [-0.2, 0) is 11.8 Å². The molecule has 0 radical (unpaired) electrons. The zero-order chi connectivity index (χ0) is 32.1. The van der Waals surface area contributed by atoms with E-state index in [-0.39, 0.29) is 10.8 Å². The van der Waals surface area contributed by atoms with Gasteiger partial charge >= 0.3 is 0 Å². The van der Waals surface area contributed by atoms with Crippen molar-refractivity contribution in [2.75, 3.05) is 0 Å². The van der Waals surface area contributed by atoms with Gasteiger partial charge in [-0.3, -0.25) is 0 Å². The number of benzene rings is 5. The summed E-state index contributed by atoms with van der Waals surface area (Å²) in [6.45, 7) is 13.3. The lowest BCUT2D eigenvalue weighted by molar-refractivity contribution is 0.411. The molecule has 5 aromatic carbocycles. The van der Waals surface area contributed by atoms with Crippen LogP contribution in [0, 0.1) is 5.41 Å². The van der Waals surface area contributed by atoms with Crippen LogP contribution >= 0.6 is 0 Å². The highest BCUT2D eigenvalue weighted by Gasteiger charge is 2.21. The normalized spacial score (nSPS) is 12.2. The first-order valence-electron chi connectivity index (χ1n) is 16.1. The smallest absolute Gasteiger partial charge is 0.163 e. The number of nitrogens with zero attached hydrogens (tertiary/aromatic N) is 4. The van der Waals surface area contributed by atoms with Crippen LogP contribution in [0.5, 0.6) is 0 Å². The molecule has 0 N–H and O–H groups in total. The molecule has 2 aromatic heterocycles. The Bertz CT molecular complexity index is 2160. The van der Waals surface area contributed by atoms with Gasteiger partial charge in [0.2, 0.25) is 0 Å². The quantitative estimate of drug-likeness (QED) is 0.197. The van der Waals surface area contributed by atoms with E-state index in [0.29, 0.717) is 11.6 Å². The van der Waals surface area contributed by atoms with Crippen LogP contribution < -0.4 is 0 Å². The second-order valence-corrected chi connectivity index (χ2v) is 14.5. The molecule has 7 aromatic rings. The number of para-hydroxylation sites is 1. The maximum atomic E-state index is 4.91. The van der Waals surface area contributed by atoms with Crippen LogP contribution in [0.2, 0.25) is 0 Å². The zero-order valence-electron chi connectivity index (χ0n) is 27.5. The summed E-state index contributed by atoms with van der Waals surface area (Å²) < 4.78 is 2.40. The Morgan fingerprint density at radius 1 is 0.500 bits per heavy atom. The summed E-state index contributed by atoms with van der Waals surface area (Å²) in [5.74, 6) is 2.17. The third-order valence-corrected chi connectivity index (χ3v) is 8.42. The fourth-order valence-electron chi connectivity index (χ4n) is 6.17. The lowest BCUT2D eigenvalue weighted by Gasteiger charge is -2.18. The molecule has 0 saturated heterocycles. The molecule has 0 aliphatic carbocycles. The van der Waals surface area contributed by atoms with Crippen LogP contribution in [0.4, 0.5) is 0 Å². The van der Waals surface area contributed by atoms with E-state index >= 15 is 0 Å². The number of hydrogen-bond donors (Lipinski definition) is 0. The molecule has 4 nitrogen and oxygen atoms in total. The summed E-state index contributed by atoms with van der Waals surface area (Å²) in [5.41, 5.74) is 9.28. The van der Waals surface area contributed by atoms with Crippen molar-refractivity contribution in [2.45, 2.75) is 53.4 Å². The molecular formula is C42H40N4. The van der Waals surface area contributed by atoms with Crippen LogP contribution in [-0.4, -0.2) is 19.5 Å². The molecular weight excluding hydrogens is 560 g/mol. The molecule has 46 heavy (non-hydrogen) atoms. The molecule has 228 valence electrons. The van der Waals surface area contributed by atoms with Gasteiger partial charge in [0.25, 0.3) is 0 Å². The number of hydrogen-bond acceptors (Lipinski definition) is 3. The van der Waals surface area contributed by atoms with Gasteiger partial charge in [0, 0.05) is 33.0 Å². The van der Waals surface area contributed by atoms with E-state index < -0.39 is 0 Å². The van der Waals surface area contributed by atoms with E-state index in [2.05, 4.69) is 137 Å². The van der Waals surface area contributed by atoms with E-state index in [0.717, 1.165) is 28.9 Å². The fraction of sp³-hybridized carbons (Fsp3) is 0.214. The van der Waals surface area contributed by atoms with Crippen molar-refractivity contribution in [3.05, 3.63) is 133 Å². The minimum absolute atomic E-state index is 0.206. The third kappa shape index (κ3) is 5.83. The highest BCUT2D eigenvalue weighted by Crippen LogP contribution is 2.36.